The number of rotatable bonds is 2. The summed E-state index contributed by atoms with van der Waals surface area (Å²) in [5.41, 5.74) is -1.03. The molecule has 1 amide bonds. The molecule has 2 aromatic rings. The smallest absolute Gasteiger partial charge is 0.335 e. The molecule has 1 unspecified atom stereocenters. The van der Waals surface area contributed by atoms with Crippen LogP contribution in [0.4, 0.5) is 18.9 Å². The second kappa shape index (κ2) is 5.47. The van der Waals surface area contributed by atoms with Crippen molar-refractivity contribution in [3.63, 3.8) is 0 Å². The molecule has 1 atom stereocenters. The van der Waals surface area contributed by atoms with Crippen LogP contribution in [0.25, 0.3) is 0 Å². The van der Waals surface area contributed by atoms with E-state index in [1.165, 1.54) is 18.2 Å². The summed E-state index contributed by atoms with van der Waals surface area (Å²) < 4.78 is 40.7. The van der Waals surface area contributed by atoms with Crippen molar-refractivity contribution in [1.82, 2.24) is 9.55 Å². The predicted octanol–water partition coefficient (Wildman–Crippen LogP) is 3.10. The van der Waals surface area contributed by atoms with Gasteiger partial charge in [0, 0.05) is 31.3 Å². The Hall–Kier alpha value is -2.31. The molecule has 4 nitrogen and oxygen atoms in total. The van der Waals surface area contributed by atoms with Crippen LogP contribution < -0.4 is 5.32 Å². The number of anilines is 1. The lowest BCUT2D eigenvalue weighted by atomic mass is 9.96. The number of halogens is 3. The van der Waals surface area contributed by atoms with Crippen LogP contribution in [-0.4, -0.2) is 15.5 Å². The highest BCUT2D eigenvalue weighted by Gasteiger charge is 2.34. The van der Waals surface area contributed by atoms with E-state index in [0.717, 1.165) is 11.9 Å². The maximum Gasteiger partial charge on any atom is 0.418 e. The molecule has 0 bridgehead atoms. The normalized spacial score (nSPS) is 17.9. The number of hydrogen-bond acceptors (Lipinski definition) is 2. The summed E-state index contributed by atoms with van der Waals surface area (Å²) in [4.78, 5) is 16.4. The fraction of sp³-hybridized carbons (Fsp3) is 0.333. The molecule has 3 rings (SSSR count). The minimum atomic E-state index is -4.49. The molecule has 7 heteroatoms. The van der Waals surface area contributed by atoms with Gasteiger partial charge in [0.05, 0.1) is 11.3 Å². The quantitative estimate of drug-likeness (QED) is 0.926. The second-order valence-electron chi connectivity index (χ2n) is 5.26. The third-order valence-corrected chi connectivity index (χ3v) is 3.81. The molecule has 1 aromatic carbocycles. The molecule has 0 spiro atoms. The molecule has 0 saturated heterocycles. The number of aromatic nitrogens is 2. The first kappa shape index (κ1) is 14.6. The predicted molar refractivity (Wildman–Crippen MR) is 74.1 cm³/mol. The number of nitrogens with one attached hydrogen (secondary N) is 1. The molecule has 0 aliphatic carbocycles. The Morgan fingerprint density at radius 2 is 2.09 bits per heavy atom. The van der Waals surface area contributed by atoms with E-state index in [0.29, 0.717) is 19.4 Å². The van der Waals surface area contributed by atoms with Crippen molar-refractivity contribution in [3.8, 4) is 0 Å². The van der Waals surface area contributed by atoms with Crippen LogP contribution in [-0.2, 0) is 23.9 Å². The lowest BCUT2D eigenvalue weighted by Crippen LogP contribution is -2.31. The number of para-hydroxylation sites is 1. The van der Waals surface area contributed by atoms with Crippen LogP contribution in [0, 0.1) is 5.92 Å². The number of aryl methyl sites for hydroxylation is 1. The Kier molecular flexibility index (Phi) is 3.64. The molecule has 0 fully saturated rings. The largest absolute Gasteiger partial charge is 0.418 e. The van der Waals surface area contributed by atoms with Crippen molar-refractivity contribution in [2.24, 2.45) is 5.92 Å². The summed E-state index contributed by atoms with van der Waals surface area (Å²) in [6.07, 6.45) is 0.0278. The van der Waals surface area contributed by atoms with Crippen LogP contribution in [0.3, 0.4) is 0 Å². The van der Waals surface area contributed by atoms with Gasteiger partial charge in [-0.2, -0.15) is 13.2 Å². The van der Waals surface area contributed by atoms with E-state index in [-0.39, 0.29) is 11.6 Å². The van der Waals surface area contributed by atoms with E-state index in [2.05, 4.69) is 10.3 Å². The fourth-order valence-electron chi connectivity index (χ4n) is 2.65. The number of imidazole rings is 1. The minimum absolute atomic E-state index is 0.200. The van der Waals surface area contributed by atoms with Crippen molar-refractivity contribution < 1.29 is 18.0 Å². The van der Waals surface area contributed by atoms with Gasteiger partial charge in [0.15, 0.2) is 0 Å². The minimum Gasteiger partial charge on any atom is -0.335 e. The van der Waals surface area contributed by atoms with Gasteiger partial charge in [-0.15, -0.1) is 0 Å². The summed E-state index contributed by atoms with van der Waals surface area (Å²) in [5, 5.41) is 2.41. The summed E-state index contributed by atoms with van der Waals surface area (Å²) >= 11 is 0. The number of fused-ring (bicyclic) bond motifs is 1. The Balaban J connectivity index is 1.76. The SMILES string of the molecule is O=C(Nc1ccccc1C(F)(F)F)C1CCn2ccnc2C1. The number of benzene rings is 1. The molecule has 22 heavy (non-hydrogen) atoms. The highest BCUT2D eigenvalue weighted by atomic mass is 19.4. The van der Waals surface area contributed by atoms with Gasteiger partial charge < -0.3 is 9.88 Å². The average molecular weight is 309 g/mol. The molecular weight excluding hydrogens is 295 g/mol. The van der Waals surface area contributed by atoms with E-state index in [1.54, 1.807) is 6.20 Å². The van der Waals surface area contributed by atoms with Gasteiger partial charge in [0.2, 0.25) is 5.91 Å². The fourth-order valence-corrected chi connectivity index (χ4v) is 2.65. The van der Waals surface area contributed by atoms with E-state index in [9.17, 15) is 18.0 Å². The van der Waals surface area contributed by atoms with E-state index in [1.807, 2.05) is 10.8 Å². The van der Waals surface area contributed by atoms with Gasteiger partial charge in [-0.05, 0) is 18.6 Å². The maximum atomic E-state index is 12.9. The van der Waals surface area contributed by atoms with E-state index in [4.69, 9.17) is 0 Å². The monoisotopic (exact) mass is 309 g/mol. The standard InChI is InChI=1S/C15H14F3N3O/c16-15(17,18)11-3-1-2-4-12(11)20-14(22)10-5-7-21-8-6-19-13(21)9-10/h1-4,6,8,10H,5,7,9H2,(H,20,22). The molecule has 2 heterocycles. The van der Waals surface area contributed by atoms with Crippen molar-refractivity contribution in [3.05, 3.63) is 48.0 Å². The number of nitrogens with zero attached hydrogens (tertiary/aromatic N) is 2. The molecule has 0 saturated carbocycles. The first-order chi connectivity index (χ1) is 10.4. The zero-order chi connectivity index (χ0) is 15.7. The first-order valence-corrected chi connectivity index (χ1v) is 6.92. The molecule has 1 aromatic heterocycles. The maximum absolute atomic E-state index is 12.9. The Morgan fingerprint density at radius 1 is 1.32 bits per heavy atom. The second-order valence-corrected chi connectivity index (χ2v) is 5.26. The van der Waals surface area contributed by atoms with Crippen LogP contribution in [0.5, 0.6) is 0 Å². The number of hydrogen-bond donors (Lipinski definition) is 1. The average Bonchev–Trinajstić information content (AvgIpc) is 2.94. The van der Waals surface area contributed by atoms with E-state index >= 15 is 0 Å². The van der Waals surface area contributed by atoms with E-state index < -0.39 is 17.6 Å². The Labute approximate surface area is 125 Å². The van der Waals surface area contributed by atoms with Crippen LogP contribution >= 0.6 is 0 Å². The Bertz CT molecular complexity index is 693. The number of alkyl halides is 3. The van der Waals surface area contributed by atoms with Gasteiger partial charge in [-0.1, -0.05) is 12.1 Å². The molecule has 1 aliphatic heterocycles. The van der Waals surface area contributed by atoms with Gasteiger partial charge in [0.25, 0.3) is 0 Å². The molecule has 0 radical (unpaired) electrons. The zero-order valence-corrected chi connectivity index (χ0v) is 11.6. The summed E-state index contributed by atoms with van der Waals surface area (Å²) in [5.74, 6) is 0.0256. The lowest BCUT2D eigenvalue weighted by Gasteiger charge is -2.23. The third kappa shape index (κ3) is 2.84. The van der Waals surface area contributed by atoms with Crippen molar-refractivity contribution in [1.29, 1.82) is 0 Å². The van der Waals surface area contributed by atoms with Gasteiger partial charge in [-0.25, -0.2) is 4.98 Å². The molecule has 116 valence electrons. The van der Waals surface area contributed by atoms with Crippen LogP contribution in [0.2, 0.25) is 0 Å². The molecular formula is C15H14F3N3O. The highest BCUT2D eigenvalue weighted by molar-refractivity contribution is 5.93. The number of amides is 1. The lowest BCUT2D eigenvalue weighted by molar-refractivity contribution is -0.137. The first-order valence-electron chi connectivity index (χ1n) is 6.92. The highest BCUT2D eigenvalue weighted by Crippen LogP contribution is 2.35. The number of carbonyl (C=O) groups excluding carboxylic acids is 1. The Morgan fingerprint density at radius 3 is 2.86 bits per heavy atom. The van der Waals surface area contributed by atoms with Crippen LogP contribution in [0.1, 0.15) is 17.8 Å². The van der Waals surface area contributed by atoms with Crippen molar-refractivity contribution in [2.45, 2.75) is 25.6 Å². The van der Waals surface area contributed by atoms with Gasteiger partial charge in [-0.3, -0.25) is 4.79 Å². The summed E-state index contributed by atoms with van der Waals surface area (Å²) in [7, 11) is 0. The van der Waals surface area contributed by atoms with Crippen molar-refractivity contribution in [2.75, 3.05) is 5.32 Å². The summed E-state index contributed by atoms with van der Waals surface area (Å²) in [6, 6.07) is 5.00. The number of carbonyl (C=O) groups is 1. The van der Waals surface area contributed by atoms with Crippen molar-refractivity contribution >= 4 is 11.6 Å². The summed E-state index contributed by atoms with van der Waals surface area (Å²) in [6.45, 7) is 0.647. The topological polar surface area (TPSA) is 46.9 Å². The zero-order valence-electron chi connectivity index (χ0n) is 11.6. The third-order valence-electron chi connectivity index (χ3n) is 3.81. The molecule has 1 aliphatic rings. The van der Waals surface area contributed by atoms with Crippen LogP contribution in [0.15, 0.2) is 36.7 Å². The van der Waals surface area contributed by atoms with Gasteiger partial charge in [0.1, 0.15) is 5.82 Å². The van der Waals surface area contributed by atoms with Gasteiger partial charge >= 0.3 is 6.18 Å². The molecule has 1 N–H and O–H groups in total.